The minimum absolute atomic E-state index is 0.0256. The quantitative estimate of drug-likeness (QED) is 0.884. The van der Waals surface area contributed by atoms with Crippen molar-refractivity contribution in [2.45, 2.75) is 32.7 Å². The number of hydrogen-bond acceptors (Lipinski definition) is 4. The van der Waals surface area contributed by atoms with Gasteiger partial charge in [0.1, 0.15) is 17.3 Å². The molecule has 1 aliphatic heterocycles. The standard InChI is InChI=1S/C18H20N2O4/c1-11-3-7-16(24-11)12(2)19-18(22)10-23-14-5-6-15-13(9-14)4-8-17(21)20-15/h3,5-7,9,12H,4,8,10H2,1-2H3,(H,19,22)(H,20,21). The lowest BCUT2D eigenvalue weighted by atomic mass is 10.0. The second-order valence-electron chi connectivity index (χ2n) is 5.89. The molecule has 0 spiro atoms. The van der Waals surface area contributed by atoms with Crippen molar-refractivity contribution in [3.63, 3.8) is 0 Å². The number of furan rings is 1. The number of rotatable bonds is 5. The molecule has 3 rings (SSSR count). The van der Waals surface area contributed by atoms with E-state index in [2.05, 4.69) is 10.6 Å². The summed E-state index contributed by atoms with van der Waals surface area (Å²) in [6.45, 7) is 3.65. The Labute approximate surface area is 140 Å². The van der Waals surface area contributed by atoms with Gasteiger partial charge in [0.25, 0.3) is 5.91 Å². The minimum Gasteiger partial charge on any atom is -0.484 e. The highest BCUT2D eigenvalue weighted by atomic mass is 16.5. The van der Waals surface area contributed by atoms with Gasteiger partial charge in [-0.3, -0.25) is 9.59 Å². The van der Waals surface area contributed by atoms with Crippen molar-refractivity contribution in [3.8, 4) is 5.75 Å². The van der Waals surface area contributed by atoms with Crippen LogP contribution in [0, 0.1) is 6.92 Å². The van der Waals surface area contributed by atoms with Crippen molar-refractivity contribution < 1.29 is 18.7 Å². The van der Waals surface area contributed by atoms with Gasteiger partial charge in [0.2, 0.25) is 5.91 Å². The van der Waals surface area contributed by atoms with Crippen LogP contribution in [0.15, 0.2) is 34.7 Å². The van der Waals surface area contributed by atoms with Crippen LogP contribution >= 0.6 is 0 Å². The maximum atomic E-state index is 12.0. The topological polar surface area (TPSA) is 80.6 Å². The first-order chi connectivity index (χ1) is 11.5. The molecule has 126 valence electrons. The lowest BCUT2D eigenvalue weighted by molar-refractivity contribution is -0.123. The number of aryl methyl sites for hydroxylation is 2. The van der Waals surface area contributed by atoms with E-state index in [9.17, 15) is 9.59 Å². The maximum Gasteiger partial charge on any atom is 0.258 e. The normalized spacial score (nSPS) is 14.5. The Hall–Kier alpha value is -2.76. The molecular formula is C18H20N2O4. The Balaban J connectivity index is 1.54. The number of amides is 2. The van der Waals surface area contributed by atoms with Gasteiger partial charge in [0, 0.05) is 12.1 Å². The number of carbonyl (C=O) groups is 2. The van der Waals surface area contributed by atoms with E-state index in [4.69, 9.17) is 9.15 Å². The van der Waals surface area contributed by atoms with Crippen LogP contribution in [0.4, 0.5) is 5.69 Å². The first-order valence-corrected chi connectivity index (χ1v) is 7.92. The number of fused-ring (bicyclic) bond motifs is 1. The molecule has 2 amide bonds. The molecule has 6 nitrogen and oxygen atoms in total. The monoisotopic (exact) mass is 328 g/mol. The Morgan fingerprint density at radius 2 is 2.17 bits per heavy atom. The van der Waals surface area contributed by atoms with E-state index in [1.807, 2.05) is 32.0 Å². The molecule has 0 aliphatic carbocycles. The number of carbonyl (C=O) groups excluding carboxylic acids is 2. The summed E-state index contributed by atoms with van der Waals surface area (Å²) in [6.07, 6.45) is 1.15. The zero-order valence-electron chi connectivity index (χ0n) is 13.7. The second kappa shape index (κ2) is 6.78. The van der Waals surface area contributed by atoms with E-state index < -0.39 is 0 Å². The van der Waals surface area contributed by atoms with Gasteiger partial charge in [0.05, 0.1) is 6.04 Å². The van der Waals surface area contributed by atoms with Crippen LogP contribution in [0.25, 0.3) is 0 Å². The molecule has 0 fully saturated rings. The summed E-state index contributed by atoms with van der Waals surface area (Å²) in [5.74, 6) is 1.94. The van der Waals surface area contributed by atoms with E-state index in [1.54, 1.807) is 12.1 Å². The van der Waals surface area contributed by atoms with Crippen LogP contribution in [0.5, 0.6) is 5.75 Å². The van der Waals surface area contributed by atoms with Crippen LogP contribution in [-0.2, 0) is 16.0 Å². The maximum absolute atomic E-state index is 12.0. The van der Waals surface area contributed by atoms with Crippen molar-refractivity contribution in [2.75, 3.05) is 11.9 Å². The first-order valence-electron chi connectivity index (χ1n) is 7.92. The first kappa shape index (κ1) is 16.1. The molecule has 1 unspecified atom stereocenters. The Bertz CT molecular complexity index is 766. The number of ether oxygens (including phenoxy) is 1. The minimum atomic E-state index is -0.220. The molecule has 6 heteroatoms. The summed E-state index contributed by atoms with van der Waals surface area (Å²) < 4.78 is 11.0. The van der Waals surface area contributed by atoms with Gasteiger partial charge >= 0.3 is 0 Å². The third-order valence-corrected chi connectivity index (χ3v) is 3.91. The molecule has 1 atom stereocenters. The molecule has 2 N–H and O–H groups in total. The summed E-state index contributed by atoms with van der Waals surface area (Å²) in [5, 5.41) is 5.65. The van der Waals surface area contributed by atoms with Gasteiger partial charge in [-0.15, -0.1) is 0 Å². The Kier molecular flexibility index (Phi) is 4.55. The molecule has 0 saturated heterocycles. The predicted octanol–water partition coefficient (Wildman–Crippen LogP) is 2.73. The third kappa shape index (κ3) is 3.76. The Morgan fingerprint density at radius 1 is 1.33 bits per heavy atom. The van der Waals surface area contributed by atoms with Gasteiger partial charge in [-0.25, -0.2) is 0 Å². The molecule has 0 bridgehead atoms. The van der Waals surface area contributed by atoms with Crippen LogP contribution in [0.3, 0.4) is 0 Å². The predicted molar refractivity (Wildman–Crippen MR) is 88.9 cm³/mol. The number of hydrogen-bond donors (Lipinski definition) is 2. The fourth-order valence-corrected chi connectivity index (χ4v) is 2.64. The van der Waals surface area contributed by atoms with Crippen LogP contribution in [0.1, 0.15) is 36.5 Å². The van der Waals surface area contributed by atoms with Crippen molar-refractivity contribution >= 4 is 17.5 Å². The summed E-state index contributed by atoms with van der Waals surface area (Å²) >= 11 is 0. The van der Waals surface area contributed by atoms with Crippen molar-refractivity contribution in [1.82, 2.24) is 5.32 Å². The van der Waals surface area contributed by atoms with E-state index in [0.717, 1.165) is 17.0 Å². The van der Waals surface area contributed by atoms with Gasteiger partial charge in [0.15, 0.2) is 6.61 Å². The largest absolute Gasteiger partial charge is 0.484 e. The highest BCUT2D eigenvalue weighted by Crippen LogP contribution is 2.26. The molecule has 2 aromatic rings. The van der Waals surface area contributed by atoms with Crippen molar-refractivity contribution in [1.29, 1.82) is 0 Å². The fourth-order valence-electron chi connectivity index (χ4n) is 2.64. The second-order valence-corrected chi connectivity index (χ2v) is 5.89. The molecule has 1 aliphatic rings. The van der Waals surface area contributed by atoms with Gasteiger partial charge < -0.3 is 19.8 Å². The molecule has 0 saturated carbocycles. The van der Waals surface area contributed by atoms with E-state index in [-0.39, 0.29) is 24.5 Å². The van der Waals surface area contributed by atoms with Gasteiger partial charge in [-0.1, -0.05) is 0 Å². The van der Waals surface area contributed by atoms with E-state index >= 15 is 0 Å². The highest BCUT2D eigenvalue weighted by molar-refractivity contribution is 5.94. The zero-order chi connectivity index (χ0) is 17.1. The van der Waals surface area contributed by atoms with Gasteiger partial charge in [-0.2, -0.15) is 0 Å². The lowest BCUT2D eigenvalue weighted by Crippen LogP contribution is -2.31. The average molecular weight is 328 g/mol. The van der Waals surface area contributed by atoms with Crippen LogP contribution < -0.4 is 15.4 Å². The molecule has 1 aromatic carbocycles. The molecule has 24 heavy (non-hydrogen) atoms. The van der Waals surface area contributed by atoms with Crippen molar-refractivity contribution in [2.24, 2.45) is 0 Å². The Morgan fingerprint density at radius 3 is 2.92 bits per heavy atom. The molecule has 0 radical (unpaired) electrons. The van der Waals surface area contributed by atoms with E-state index in [1.165, 1.54) is 0 Å². The summed E-state index contributed by atoms with van der Waals surface area (Å²) in [6, 6.07) is 8.90. The van der Waals surface area contributed by atoms with Crippen LogP contribution in [0.2, 0.25) is 0 Å². The third-order valence-electron chi connectivity index (χ3n) is 3.91. The molecule has 2 heterocycles. The number of anilines is 1. The van der Waals surface area contributed by atoms with Crippen molar-refractivity contribution in [3.05, 3.63) is 47.4 Å². The van der Waals surface area contributed by atoms with Crippen LogP contribution in [-0.4, -0.2) is 18.4 Å². The molecule has 1 aromatic heterocycles. The smallest absolute Gasteiger partial charge is 0.258 e. The average Bonchev–Trinajstić information content (AvgIpc) is 2.99. The SMILES string of the molecule is Cc1ccc(C(C)NC(=O)COc2ccc3c(c2)CCC(=O)N3)o1. The highest BCUT2D eigenvalue weighted by Gasteiger charge is 2.16. The zero-order valence-corrected chi connectivity index (χ0v) is 13.7. The van der Waals surface area contributed by atoms with E-state index in [0.29, 0.717) is 24.4 Å². The summed E-state index contributed by atoms with van der Waals surface area (Å²) in [7, 11) is 0. The summed E-state index contributed by atoms with van der Waals surface area (Å²) in [5.41, 5.74) is 1.83. The molecular weight excluding hydrogens is 308 g/mol. The fraction of sp³-hybridized carbons (Fsp3) is 0.333. The van der Waals surface area contributed by atoms with Gasteiger partial charge in [-0.05, 0) is 56.2 Å². The number of nitrogens with one attached hydrogen (secondary N) is 2. The number of benzene rings is 1. The summed E-state index contributed by atoms with van der Waals surface area (Å²) in [4.78, 5) is 23.3. The lowest BCUT2D eigenvalue weighted by Gasteiger charge is -2.18.